The van der Waals surface area contributed by atoms with Gasteiger partial charge >= 0.3 is 0 Å². The first kappa shape index (κ1) is 11.5. The van der Waals surface area contributed by atoms with Crippen molar-refractivity contribution < 1.29 is 4.79 Å². The average Bonchev–Trinajstić information content (AvgIpc) is 2.26. The van der Waals surface area contributed by atoms with Crippen molar-refractivity contribution in [3.63, 3.8) is 0 Å². The molecule has 0 unspecified atom stereocenters. The third-order valence-corrected chi connectivity index (χ3v) is 2.73. The highest BCUT2D eigenvalue weighted by molar-refractivity contribution is 5.78. The smallest absolute Gasteiger partial charge is 0.236 e. The lowest BCUT2D eigenvalue weighted by molar-refractivity contribution is -0.131. The second-order valence-electron chi connectivity index (χ2n) is 3.78. The Morgan fingerprint density at radius 3 is 2.43 bits per heavy atom. The van der Waals surface area contributed by atoms with Crippen LogP contribution in [-0.2, 0) is 4.79 Å². The van der Waals surface area contributed by atoms with Crippen LogP contribution in [0.5, 0.6) is 0 Å². The van der Waals surface area contributed by atoms with Gasteiger partial charge in [-0.2, -0.15) is 0 Å². The van der Waals surface area contributed by atoms with Gasteiger partial charge in [-0.25, -0.2) is 0 Å². The summed E-state index contributed by atoms with van der Waals surface area (Å²) in [5.74, 6) is 0.0835. The van der Waals surface area contributed by atoms with Crippen molar-refractivity contribution in [2.45, 2.75) is 19.8 Å². The van der Waals surface area contributed by atoms with Crippen molar-refractivity contribution in [1.82, 2.24) is 9.80 Å². The number of nitrogens with two attached hydrogens (primary N) is 1. The summed E-state index contributed by atoms with van der Waals surface area (Å²) in [6.45, 7) is 7.22. The summed E-state index contributed by atoms with van der Waals surface area (Å²) in [6, 6.07) is 0. The van der Waals surface area contributed by atoms with E-state index in [0.29, 0.717) is 0 Å². The summed E-state index contributed by atoms with van der Waals surface area (Å²) in [4.78, 5) is 15.6. The molecule has 4 heteroatoms. The molecule has 0 aromatic carbocycles. The predicted octanol–water partition coefficient (Wildman–Crippen LogP) is -0.111. The Morgan fingerprint density at radius 2 is 1.93 bits per heavy atom. The lowest BCUT2D eigenvalue weighted by Crippen LogP contribution is -2.50. The Labute approximate surface area is 86.0 Å². The van der Waals surface area contributed by atoms with Crippen molar-refractivity contribution >= 4 is 5.91 Å². The normalized spacial score (nSPS) is 18.6. The molecule has 1 aliphatic heterocycles. The van der Waals surface area contributed by atoms with Gasteiger partial charge in [0, 0.05) is 26.2 Å². The average molecular weight is 199 g/mol. The van der Waals surface area contributed by atoms with E-state index >= 15 is 0 Å². The van der Waals surface area contributed by atoms with Gasteiger partial charge in [-0.1, -0.05) is 13.3 Å². The maximum Gasteiger partial charge on any atom is 0.236 e. The number of piperazine rings is 1. The maximum absolute atomic E-state index is 11.3. The van der Waals surface area contributed by atoms with E-state index in [-0.39, 0.29) is 12.5 Å². The van der Waals surface area contributed by atoms with Crippen molar-refractivity contribution in [1.29, 1.82) is 0 Å². The summed E-state index contributed by atoms with van der Waals surface area (Å²) < 4.78 is 0. The number of rotatable bonds is 4. The lowest BCUT2D eigenvalue weighted by Gasteiger charge is -2.34. The molecule has 82 valence electrons. The molecule has 0 aromatic rings. The van der Waals surface area contributed by atoms with Gasteiger partial charge in [0.1, 0.15) is 0 Å². The largest absolute Gasteiger partial charge is 0.339 e. The Bertz CT molecular complexity index is 176. The van der Waals surface area contributed by atoms with Crippen LogP contribution in [0.15, 0.2) is 0 Å². The van der Waals surface area contributed by atoms with Crippen LogP contribution in [0.25, 0.3) is 0 Å². The standard InChI is InChI=1S/C10H21N3O/c1-2-3-4-12-5-7-13(8-6-12)10(14)9-11/h2-9,11H2,1H3. The van der Waals surface area contributed by atoms with Gasteiger partial charge in [0.2, 0.25) is 5.91 Å². The number of carbonyl (C=O) groups excluding carboxylic acids is 1. The molecule has 0 aliphatic carbocycles. The minimum Gasteiger partial charge on any atom is -0.339 e. The van der Waals surface area contributed by atoms with Gasteiger partial charge < -0.3 is 10.6 Å². The second-order valence-corrected chi connectivity index (χ2v) is 3.78. The SMILES string of the molecule is CCCCN1CCN(C(=O)CN)CC1. The first-order valence-electron chi connectivity index (χ1n) is 5.48. The molecule has 0 radical (unpaired) electrons. The Kier molecular flexibility index (Phi) is 4.90. The molecular formula is C10H21N3O. The van der Waals surface area contributed by atoms with Crippen LogP contribution >= 0.6 is 0 Å². The molecule has 0 bridgehead atoms. The van der Waals surface area contributed by atoms with Gasteiger partial charge in [0.15, 0.2) is 0 Å². The summed E-state index contributed by atoms with van der Waals surface area (Å²) in [7, 11) is 0. The third-order valence-electron chi connectivity index (χ3n) is 2.73. The Hall–Kier alpha value is -0.610. The van der Waals surface area contributed by atoms with Gasteiger partial charge in [-0.3, -0.25) is 9.69 Å². The molecule has 1 aliphatic rings. The zero-order valence-corrected chi connectivity index (χ0v) is 9.04. The predicted molar refractivity (Wildman–Crippen MR) is 57.0 cm³/mol. The van der Waals surface area contributed by atoms with Gasteiger partial charge in [0.25, 0.3) is 0 Å². The van der Waals surface area contributed by atoms with E-state index in [1.807, 2.05) is 4.90 Å². The number of amides is 1. The molecule has 1 saturated heterocycles. The molecule has 2 N–H and O–H groups in total. The lowest BCUT2D eigenvalue weighted by atomic mass is 10.2. The first-order chi connectivity index (χ1) is 6.77. The van der Waals surface area contributed by atoms with E-state index in [4.69, 9.17) is 5.73 Å². The van der Waals surface area contributed by atoms with E-state index in [0.717, 1.165) is 26.2 Å². The highest BCUT2D eigenvalue weighted by Gasteiger charge is 2.18. The number of hydrogen-bond acceptors (Lipinski definition) is 3. The number of carbonyl (C=O) groups is 1. The number of nitrogens with zero attached hydrogens (tertiary/aromatic N) is 2. The summed E-state index contributed by atoms with van der Waals surface area (Å²) >= 11 is 0. The van der Waals surface area contributed by atoms with Gasteiger partial charge in [-0.05, 0) is 13.0 Å². The number of unbranched alkanes of at least 4 members (excludes halogenated alkanes) is 1. The zero-order chi connectivity index (χ0) is 10.4. The van der Waals surface area contributed by atoms with Crippen LogP contribution < -0.4 is 5.73 Å². The van der Waals surface area contributed by atoms with E-state index in [1.54, 1.807) is 0 Å². The van der Waals surface area contributed by atoms with Crippen LogP contribution in [-0.4, -0.2) is 55.0 Å². The maximum atomic E-state index is 11.3. The highest BCUT2D eigenvalue weighted by Crippen LogP contribution is 2.03. The highest BCUT2D eigenvalue weighted by atomic mass is 16.2. The Morgan fingerprint density at radius 1 is 1.29 bits per heavy atom. The fourth-order valence-corrected chi connectivity index (χ4v) is 1.73. The number of hydrogen-bond donors (Lipinski definition) is 1. The molecule has 1 heterocycles. The van der Waals surface area contributed by atoms with Crippen LogP contribution in [0.3, 0.4) is 0 Å². The fourth-order valence-electron chi connectivity index (χ4n) is 1.73. The van der Waals surface area contributed by atoms with E-state index in [2.05, 4.69) is 11.8 Å². The first-order valence-corrected chi connectivity index (χ1v) is 5.48. The Balaban J connectivity index is 2.20. The molecule has 4 nitrogen and oxygen atoms in total. The van der Waals surface area contributed by atoms with Crippen molar-refractivity contribution in [2.75, 3.05) is 39.3 Å². The van der Waals surface area contributed by atoms with Crippen LogP contribution in [0, 0.1) is 0 Å². The van der Waals surface area contributed by atoms with Gasteiger partial charge in [-0.15, -0.1) is 0 Å². The zero-order valence-electron chi connectivity index (χ0n) is 9.04. The molecule has 1 amide bonds. The molecule has 0 aromatic heterocycles. The molecular weight excluding hydrogens is 178 g/mol. The second kappa shape index (κ2) is 5.98. The minimum atomic E-state index is 0.0835. The molecule has 1 rings (SSSR count). The molecule has 0 atom stereocenters. The summed E-state index contributed by atoms with van der Waals surface area (Å²) in [6.07, 6.45) is 2.49. The van der Waals surface area contributed by atoms with Crippen LogP contribution in [0.2, 0.25) is 0 Å². The van der Waals surface area contributed by atoms with Gasteiger partial charge in [0.05, 0.1) is 6.54 Å². The summed E-state index contributed by atoms with van der Waals surface area (Å²) in [5.41, 5.74) is 5.31. The molecule has 0 saturated carbocycles. The fraction of sp³-hybridized carbons (Fsp3) is 0.900. The summed E-state index contributed by atoms with van der Waals surface area (Å²) in [5, 5.41) is 0. The molecule has 14 heavy (non-hydrogen) atoms. The van der Waals surface area contributed by atoms with Crippen molar-refractivity contribution in [3.05, 3.63) is 0 Å². The third kappa shape index (κ3) is 3.27. The molecule has 0 spiro atoms. The minimum absolute atomic E-state index is 0.0835. The van der Waals surface area contributed by atoms with E-state index in [1.165, 1.54) is 19.4 Å². The monoisotopic (exact) mass is 199 g/mol. The molecule has 1 fully saturated rings. The van der Waals surface area contributed by atoms with Crippen molar-refractivity contribution in [3.8, 4) is 0 Å². The topological polar surface area (TPSA) is 49.6 Å². The van der Waals surface area contributed by atoms with Crippen LogP contribution in [0.1, 0.15) is 19.8 Å². The van der Waals surface area contributed by atoms with E-state index < -0.39 is 0 Å². The van der Waals surface area contributed by atoms with E-state index in [9.17, 15) is 4.79 Å². The van der Waals surface area contributed by atoms with Crippen molar-refractivity contribution in [2.24, 2.45) is 5.73 Å². The quantitative estimate of drug-likeness (QED) is 0.687. The van der Waals surface area contributed by atoms with Crippen LogP contribution in [0.4, 0.5) is 0 Å².